The zero-order valence-electron chi connectivity index (χ0n) is 6.87. The molecule has 3 nitrogen and oxygen atoms in total. The molecule has 0 spiro atoms. The van der Waals surface area contributed by atoms with E-state index in [9.17, 15) is 4.79 Å². The van der Waals surface area contributed by atoms with Gasteiger partial charge in [-0.15, -0.1) is 0 Å². The van der Waals surface area contributed by atoms with Crippen molar-refractivity contribution in [2.24, 2.45) is 5.92 Å². The zero-order chi connectivity index (χ0) is 8.69. The molecular weight excluding hydrogens is 164 g/mol. The second-order valence-corrected chi connectivity index (χ2v) is 3.37. The number of aliphatic hydroxyl groups is 1. The molecule has 0 aromatic carbocycles. The van der Waals surface area contributed by atoms with Crippen LogP contribution in [-0.4, -0.2) is 36.3 Å². The van der Waals surface area contributed by atoms with Gasteiger partial charge in [0.1, 0.15) is 0 Å². The van der Waals surface area contributed by atoms with E-state index >= 15 is 0 Å². The highest BCUT2D eigenvalue weighted by Crippen LogP contribution is 2.08. The van der Waals surface area contributed by atoms with Crippen LogP contribution in [-0.2, 0) is 9.53 Å². The summed E-state index contributed by atoms with van der Waals surface area (Å²) >= 11 is 1.55. The Bertz CT molecular complexity index is 116. The fourth-order valence-electron chi connectivity index (χ4n) is 0.594. The summed E-state index contributed by atoms with van der Waals surface area (Å²) in [5.41, 5.74) is 0. The average Bonchev–Trinajstić information content (AvgIpc) is 2.03. The quantitative estimate of drug-likeness (QED) is 0.492. The van der Waals surface area contributed by atoms with Gasteiger partial charge in [-0.25, -0.2) is 0 Å². The lowest BCUT2D eigenvalue weighted by atomic mass is 10.2. The van der Waals surface area contributed by atoms with Crippen molar-refractivity contribution in [1.29, 1.82) is 0 Å². The van der Waals surface area contributed by atoms with Crippen LogP contribution in [0.4, 0.5) is 0 Å². The van der Waals surface area contributed by atoms with Crippen molar-refractivity contribution in [3.8, 4) is 0 Å². The van der Waals surface area contributed by atoms with Crippen molar-refractivity contribution >= 4 is 17.7 Å². The summed E-state index contributed by atoms with van der Waals surface area (Å²) in [6.45, 7) is 1.98. The molecule has 0 rings (SSSR count). The first-order valence-corrected chi connectivity index (χ1v) is 4.64. The van der Waals surface area contributed by atoms with Crippen molar-refractivity contribution in [2.75, 3.05) is 25.2 Å². The molecule has 1 N–H and O–H groups in total. The summed E-state index contributed by atoms with van der Waals surface area (Å²) in [6.07, 6.45) is 0. The summed E-state index contributed by atoms with van der Waals surface area (Å²) in [7, 11) is 1.38. The van der Waals surface area contributed by atoms with Crippen LogP contribution in [0, 0.1) is 5.92 Å². The predicted octanol–water partition coefficient (Wildman–Crippen LogP) is 0.521. The highest BCUT2D eigenvalue weighted by Gasteiger charge is 2.11. The first kappa shape index (κ1) is 10.8. The molecule has 0 aromatic heterocycles. The van der Waals surface area contributed by atoms with Crippen molar-refractivity contribution < 1.29 is 14.6 Å². The Hall–Kier alpha value is -0.220. The van der Waals surface area contributed by atoms with E-state index in [0.29, 0.717) is 11.5 Å². The van der Waals surface area contributed by atoms with Gasteiger partial charge in [-0.3, -0.25) is 4.79 Å². The lowest BCUT2D eigenvalue weighted by Crippen LogP contribution is -2.15. The molecule has 0 aliphatic rings. The first-order chi connectivity index (χ1) is 5.22. The number of esters is 1. The molecule has 0 fully saturated rings. The van der Waals surface area contributed by atoms with Gasteiger partial charge in [0.2, 0.25) is 0 Å². The highest BCUT2D eigenvalue weighted by molar-refractivity contribution is 7.99. The Morgan fingerprint density at radius 2 is 2.36 bits per heavy atom. The van der Waals surface area contributed by atoms with Gasteiger partial charge >= 0.3 is 5.97 Å². The van der Waals surface area contributed by atoms with Crippen molar-refractivity contribution in [2.45, 2.75) is 6.92 Å². The van der Waals surface area contributed by atoms with Gasteiger partial charge in [0.25, 0.3) is 0 Å². The van der Waals surface area contributed by atoms with E-state index in [1.54, 1.807) is 11.8 Å². The van der Waals surface area contributed by atoms with Crippen molar-refractivity contribution in [1.82, 2.24) is 0 Å². The van der Waals surface area contributed by atoms with E-state index < -0.39 is 0 Å². The fourth-order valence-corrected chi connectivity index (χ4v) is 1.38. The molecule has 66 valence electrons. The van der Waals surface area contributed by atoms with Crippen LogP contribution in [0.5, 0.6) is 0 Å². The number of ether oxygens (including phenoxy) is 1. The van der Waals surface area contributed by atoms with E-state index in [1.165, 1.54) is 7.11 Å². The largest absolute Gasteiger partial charge is 0.469 e. The second kappa shape index (κ2) is 6.49. The van der Waals surface area contributed by atoms with Crippen LogP contribution in [0.1, 0.15) is 6.92 Å². The summed E-state index contributed by atoms with van der Waals surface area (Å²) in [4.78, 5) is 10.8. The molecule has 0 aliphatic carbocycles. The minimum Gasteiger partial charge on any atom is -0.469 e. The Balaban J connectivity index is 3.36. The summed E-state index contributed by atoms with van der Waals surface area (Å²) in [5, 5.41) is 8.44. The lowest BCUT2D eigenvalue weighted by Gasteiger charge is -2.06. The Kier molecular flexibility index (Phi) is 6.36. The van der Waals surface area contributed by atoms with Crippen molar-refractivity contribution in [3.63, 3.8) is 0 Å². The van der Waals surface area contributed by atoms with Gasteiger partial charge in [-0.1, -0.05) is 6.92 Å². The maximum absolute atomic E-state index is 10.8. The van der Waals surface area contributed by atoms with Gasteiger partial charge in [-0.2, -0.15) is 11.8 Å². The van der Waals surface area contributed by atoms with Crippen LogP contribution in [0.3, 0.4) is 0 Å². The topological polar surface area (TPSA) is 46.5 Å². The van der Waals surface area contributed by atoms with E-state index in [4.69, 9.17) is 5.11 Å². The van der Waals surface area contributed by atoms with Gasteiger partial charge < -0.3 is 9.84 Å². The second-order valence-electron chi connectivity index (χ2n) is 2.22. The molecular formula is C7H14O3S. The molecule has 0 amide bonds. The van der Waals surface area contributed by atoms with Crippen LogP contribution in [0.25, 0.3) is 0 Å². The lowest BCUT2D eigenvalue weighted by molar-refractivity contribution is -0.143. The molecule has 0 aromatic rings. The minimum absolute atomic E-state index is 0.0726. The van der Waals surface area contributed by atoms with E-state index in [2.05, 4.69) is 4.74 Å². The number of rotatable bonds is 5. The number of methoxy groups -OCH3 is 1. The van der Waals surface area contributed by atoms with Crippen LogP contribution in [0.2, 0.25) is 0 Å². The number of hydrogen-bond acceptors (Lipinski definition) is 4. The normalized spacial score (nSPS) is 12.6. The highest BCUT2D eigenvalue weighted by atomic mass is 32.2. The molecule has 0 bridgehead atoms. The summed E-state index contributed by atoms with van der Waals surface area (Å²) in [5.74, 6) is 1.14. The number of aliphatic hydroxyl groups excluding tert-OH is 1. The van der Waals surface area contributed by atoms with Crippen LogP contribution >= 0.6 is 11.8 Å². The molecule has 1 atom stereocenters. The predicted molar refractivity (Wildman–Crippen MR) is 45.6 cm³/mol. The monoisotopic (exact) mass is 178 g/mol. The zero-order valence-corrected chi connectivity index (χ0v) is 7.69. The fraction of sp³-hybridized carbons (Fsp3) is 0.857. The minimum atomic E-state index is -0.185. The molecule has 11 heavy (non-hydrogen) atoms. The average molecular weight is 178 g/mol. The molecule has 4 heteroatoms. The van der Waals surface area contributed by atoms with Gasteiger partial charge in [-0.05, 0) is 0 Å². The number of hydrogen-bond donors (Lipinski definition) is 1. The molecule has 0 heterocycles. The number of thioether (sulfide) groups is 1. The van der Waals surface area contributed by atoms with E-state index in [1.807, 2.05) is 6.92 Å². The Morgan fingerprint density at radius 3 is 2.82 bits per heavy atom. The summed E-state index contributed by atoms with van der Waals surface area (Å²) < 4.78 is 4.53. The smallest absolute Gasteiger partial charge is 0.309 e. The standard InChI is InChI=1S/C7H14O3S/c1-6(7(9)10-2)5-11-4-3-8/h6,8H,3-5H2,1-2H3/t6-/m1/s1. The molecule has 0 saturated heterocycles. The third-order valence-electron chi connectivity index (χ3n) is 1.21. The summed E-state index contributed by atoms with van der Waals surface area (Å²) in [6, 6.07) is 0. The molecule has 0 aliphatic heterocycles. The first-order valence-electron chi connectivity index (χ1n) is 3.48. The van der Waals surface area contributed by atoms with E-state index in [0.717, 1.165) is 0 Å². The third kappa shape index (κ3) is 5.09. The third-order valence-corrected chi connectivity index (χ3v) is 2.41. The Labute approximate surface area is 71.1 Å². The van der Waals surface area contributed by atoms with Crippen molar-refractivity contribution in [3.05, 3.63) is 0 Å². The molecule has 0 unspecified atom stereocenters. The van der Waals surface area contributed by atoms with Gasteiger partial charge in [0, 0.05) is 11.5 Å². The van der Waals surface area contributed by atoms with Gasteiger partial charge in [0.05, 0.1) is 19.6 Å². The van der Waals surface area contributed by atoms with Gasteiger partial charge in [0.15, 0.2) is 0 Å². The Morgan fingerprint density at radius 1 is 1.73 bits per heavy atom. The van der Waals surface area contributed by atoms with Crippen LogP contribution < -0.4 is 0 Å². The SMILES string of the molecule is COC(=O)[C@H](C)CSCCO. The molecule has 0 saturated carbocycles. The molecule has 0 radical (unpaired) electrons. The number of carbonyl (C=O) groups is 1. The number of carbonyl (C=O) groups excluding carboxylic acids is 1. The maximum Gasteiger partial charge on any atom is 0.309 e. The van der Waals surface area contributed by atoms with Crippen LogP contribution in [0.15, 0.2) is 0 Å². The van der Waals surface area contributed by atoms with E-state index in [-0.39, 0.29) is 18.5 Å². The maximum atomic E-state index is 10.8.